The third-order valence-corrected chi connectivity index (χ3v) is 3.19. The predicted molar refractivity (Wildman–Crippen MR) is 65.4 cm³/mol. The zero-order valence-corrected chi connectivity index (χ0v) is 10.2. The molecule has 2 heteroatoms. The molecule has 0 aromatic heterocycles. The van der Waals surface area contributed by atoms with Gasteiger partial charge < -0.3 is 4.74 Å². The summed E-state index contributed by atoms with van der Waals surface area (Å²) in [5.41, 5.74) is 1.23. The Morgan fingerprint density at radius 2 is 1.94 bits per heavy atom. The van der Waals surface area contributed by atoms with Crippen molar-refractivity contribution in [2.45, 2.75) is 32.6 Å². The van der Waals surface area contributed by atoms with Crippen LogP contribution >= 0.6 is 0 Å². The molecule has 2 nitrogen and oxygen atoms in total. The Bertz CT molecular complexity index is 350. The van der Waals surface area contributed by atoms with Crippen LogP contribution in [0, 0.1) is 17.2 Å². The Kier molecular flexibility index (Phi) is 4.85. The summed E-state index contributed by atoms with van der Waals surface area (Å²) in [6.07, 6.45) is 1.68. The standard InChI is InChI=1S/C14H19NO/c1-4-11(2)14(9-10-15)12-5-7-13(16-3)8-6-12/h5-8,11,14H,4,9H2,1-3H3. The number of nitrogens with zero attached hydrogens (tertiary/aromatic N) is 1. The van der Waals surface area contributed by atoms with Gasteiger partial charge in [0.2, 0.25) is 0 Å². The SMILES string of the molecule is CCC(C)C(CC#N)c1ccc(OC)cc1. The minimum atomic E-state index is 0.334. The summed E-state index contributed by atoms with van der Waals surface area (Å²) in [5, 5.41) is 8.87. The fraction of sp³-hybridized carbons (Fsp3) is 0.500. The van der Waals surface area contributed by atoms with Crippen LogP contribution in [0.25, 0.3) is 0 Å². The first-order valence-corrected chi connectivity index (χ1v) is 5.73. The molecule has 0 N–H and O–H groups in total. The van der Waals surface area contributed by atoms with E-state index in [1.807, 2.05) is 12.1 Å². The Hall–Kier alpha value is -1.49. The second-order valence-corrected chi connectivity index (χ2v) is 4.13. The molecule has 0 bridgehead atoms. The van der Waals surface area contributed by atoms with Gasteiger partial charge in [-0.1, -0.05) is 32.4 Å². The molecule has 0 radical (unpaired) electrons. The molecule has 1 rings (SSSR count). The first kappa shape index (κ1) is 12.6. The average Bonchev–Trinajstić information content (AvgIpc) is 2.35. The van der Waals surface area contributed by atoms with Gasteiger partial charge in [-0.25, -0.2) is 0 Å². The summed E-state index contributed by atoms with van der Waals surface area (Å²) in [4.78, 5) is 0. The second kappa shape index (κ2) is 6.17. The van der Waals surface area contributed by atoms with Crippen molar-refractivity contribution >= 4 is 0 Å². The van der Waals surface area contributed by atoms with E-state index >= 15 is 0 Å². The maximum atomic E-state index is 8.87. The molecule has 0 spiro atoms. The number of rotatable bonds is 5. The van der Waals surface area contributed by atoms with Crippen molar-refractivity contribution < 1.29 is 4.74 Å². The maximum Gasteiger partial charge on any atom is 0.118 e. The van der Waals surface area contributed by atoms with E-state index in [-0.39, 0.29) is 0 Å². The van der Waals surface area contributed by atoms with E-state index in [2.05, 4.69) is 32.0 Å². The second-order valence-electron chi connectivity index (χ2n) is 4.13. The van der Waals surface area contributed by atoms with Crippen molar-refractivity contribution in [2.75, 3.05) is 7.11 Å². The van der Waals surface area contributed by atoms with Crippen LogP contribution in [0.3, 0.4) is 0 Å². The van der Waals surface area contributed by atoms with Crippen LogP contribution in [0.2, 0.25) is 0 Å². The van der Waals surface area contributed by atoms with Crippen molar-refractivity contribution in [3.05, 3.63) is 29.8 Å². The Balaban J connectivity index is 2.88. The molecule has 0 aliphatic heterocycles. The highest BCUT2D eigenvalue weighted by molar-refractivity contribution is 5.30. The number of hydrogen-bond acceptors (Lipinski definition) is 2. The fourth-order valence-corrected chi connectivity index (χ4v) is 1.88. The van der Waals surface area contributed by atoms with E-state index in [9.17, 15) is 0 Å². The molecule has 0 saturated carbocycles. The number of benzene rings is 1. The topological polar surface area (TPSA) is 33.0 Å². The van der Waals surface area contributed by atoms with Crippen molar-refractivity contribution in [2.24, 2.45) is 5.92 Å². The molecule has 0 saturated heterocycles. The van der Waals surface area contributed by atoms with Gasteiger partial charge in [0.05, 0.1) is 13.2 Å². The minimum absolute atomic E-state index is 0.334. The lowest BCUT2D eigenvalue weighted by Gasteiger charge is -2.20. The summed E-state index contributed by atoms with van der Waals surface area (Å²) in [6, 6.07) is 10.3. The van der Waals surface area contributed by atoms with Gasteiger partial charge in [-0.05, 0) is 29.5 Å². The van der Waals surface area contributed by atoms with Crippen LogP contribution in [0.5, 0.6) is 5.75 Å². The van der Waals surface area contributed by atoms with E-state index in [4.69, 9.17) is 10.00 Å². The molecule has 0 aliphatic rings. The molecule has 16 heavy (non-hydrogen) atoms. The minimum Gasteiger partial charge on any atom is -0.497 e. The lowest BCUT2D eigenvalue weighted by molar-refractivity contribution is 0.413. The highest BCUT2D eigenvalue weighted by Crippen LogP contribution is 2.30. The molecule has 2 unspecified atom stereocenters. The Labute approximate surface area is 97.9 Å². The summed E-state index contributed by atoms with van der Waals surface area (Å²) in [5.74, 6) is 1.73. The van der Waals surface area contributed by atoms with Gasteiger partial charge in [0.1, 0.15) is 5.75 Å². The van der Waals surface area contributed by atoms with E-state index in [1.165, 1.54) is 5.56 Å². The first-order valence-electron chi connectivity index (χ1n) is 5.73. The van der Waals surface area contributed by atoms with Crippen LogP contribution in [0.1, 0.15) is 38.2 Å². The number of nitriles is 1. The molecule has 1 aromatic carbocycles. The zero-order chi connectivity index (χ0) is 12.0. The van der Waals surface area contributed by atoms with Gasteiger partial charge in [-0.3, -0.25) is 0 Å². The van der Waals surface area contributed by atoms with Gasteiger partial charge in [-0.2, -0.15) is 5.26 Å². The maximum absolute atomic E-state index is 8.87. The summed E-state index contributed by atoms with van der Waals surface area (Å²) in [7, 11) is 1.66. The van der Waals surface area contributed by atoms with Crippen molar-refractivity contribution in [1.29, 1.82) is 5.26 Å². The quantitative estimate of drug-likeness (QED) is 0.752. The molecule has 0 heterocycles. The van der Waals surface area contributed by atoms with E-state index in [1.54, 1.807) is 7.11 Å². The third kappa shape index (κ3) is 3.00. The van der Waals surface area contributed by atoms with Gasteiger partial charge in [0.25, 0.3) is 0 Å². The number of methoxy groups -OCH3 is 1. The molecule has 86 valence electrons. The number of ether oxygens (including phenoxy) is 1. The predicted octanol–water partition coefficient (Wildman–Crippen LogP) is 3.74. The fourth-order valence-electron chi connectivity index (χ4n) is 1.88. The molecule has 0 amide bonds. The summed E-state index contributed by atoms with van der Waals surface area (Å²) >= 11 is 0. The molecule has 2 atom stereocenters. The Morgan fingerprint density at radius 3 is 2.38 bits per heavy atom. The average molecular weight is 217 g/mol. The normalized spacial score (nSPS) is 13.9. The van der Waals surface area contributed by atoms with Gasteiger partial charge in [-0.15, -0.1) is 0 Å². The van der Waals surface area contributed by atoms with Gasteiger partial charge in [0.15, 0.2) is 0 Å². The van der Waals surface area contributed by atoms with Crippen molar-refractivity contribution in [3.8, 4) is 11.8 Å². The van der Waals surface area contributed by atoms with Crippen LogP contribution in [-0.2, 0) is 0 Å². The molecule has 0 aliphatic carbocycles. The highest BCUT2D eigenvalue weighted by atomic mass is 16.5. The summed E-state index contributed by atoms with van der Waals surface area (Å²) in [6.45, 7) is 4.37. The van der Waals surface area contributed by atoms with Crippen LogP contribution in [0.4, 0.5) is 0 Å². The molecule has 1 aromatic rings. The largest absolute Gasteiger partial charge is 0.497 e. The third-order valence-electron chi connectivity index (χ3n) is 3.19. The lowest BCUT2D eigenvalue weighted by atomic mass is 9.83. The zero-order valence-electron chi connectivity index (χ0n) is 10.2. The highest BCUT2D eigenvalue weighted by Gasteiger charge is 2.17. The molecular formula is C14H19NO. The lowest BCUT2D eigenvalue weighted by Crippen LogP contribution is -2.08. The first-order chi connectivity index (χ1) is 7.72. The summed E-state index contributed by atoms with van der Waals surface area (Å²) < 4.78 is 5.13. The smallest absolute Gasteiger partial charge is 0.118 e. The van der Waals surface area contributed by atoms with Crippen LogP contribution < -0.4 is 4.74 Å². The van der Waals surface area contributed by atoms with E-state index < -0.39 is 0 Å². The van der Waals surface area contributed by atoms with Crippen LogP contribution in [-0.4, -0.2) is 7.11 Å². The Morgan fingerprint density at radius 1 is 1.31 bits per heavy atom. The van der Waals surface area contributed by atoms with Gasteiger partial charge >= 0.3 is 0 Å². The number of hydrogen-bond donors (Lipinski definition) is 0. The molecule has 0 fully saturated rings. The monoisotopic (exact) mass is 217 g/mol. The van der Waals surface area contributed by atoms with E-state index in [0.29, 0.717) is 18.3 Å². The van der Waals surface area contributed by atoms with E-state index in [0.717, 1.165) is 12.2 Å². The van der Waals surface area contributed by atoms with Crippen LogP contribution in [0.15, 0.2) is 24.3 Å². The molecular weight excluding hydrogens is 198 g/mol. The van der Waals surface area contributed by atoms with Crippen molar-refractivity contribution in [1.82, 2.24) is 0 Å². The van der Waals surface area contributed by atoms with Gasteiger partial charge in [0, 0.05) is 6.42 Å². The van der Waals surface area contributed by atoms with Crippen molar-refractivity contribution in [3.63, 3.8) is 0 Å².